The highest BCUT2D eigenvalue weighted by Crippen LogP contribution is 2.35. The Labute approximate surface area is 136 Å². The number of rotatable bonds is 2. The number of thiol groups is 1. The number of hydrogen-bond acceptors (Lipinski definition) is 3. The number of halogens is 3. The van der Waals surface area contributed by atoms with Crippen LogP contribution in [0.4, 0.5) is 13.2 Å². The Morgan fingerprint density at radius 1 is 1.09 bits per heavy atom. The van der Waals surface area contributed by atoms with Crippen molar-refractivity contribution in [2.45, 2.75) is 31.5 Å². The second-order valence-electron chi connectivity index (χ2n) is 5.36. The minimum Gasteiger partial charge on any atom is -0.233 e. The zero-order chi connectivity index (χ0) is 16.8. The molecule has 2 aromatic heterocycles. The summed E-state index contributed by atoms with van der Waals surface area (Å²) in [6, 6.07) is 9.63. The highest BCUT2D eigenvalue weighted by Gasteiger charge is 2.38. The molecule has 0 unspecified atom stereocenters. The molecule has 0 amide bonds. The molecule has 1 aromatic carbocycles. The van der Waals surface area contributed by atoms with Gasteiger partial charge in [-0.05, 0) is 19.4 Å². The summed E-state index contributed by atoms with van der Waals surface area (Å²) in [6.07, 6.45) is -3.96. The van der Waals surface area contributed by atoms with Crippen LogP contribution in [0.25, 0.3) is 5.65 Å². The van der Waals surface area contributed by atoms with Gasteiger partial charge in [0.25, 0.3) is 0 Å². The van der Waals surface area contributed by atoms with Gasteiger partial charge in [0.15, 0.2) is 5.65 Å². The Kier molecular flexibility index (Phi) is 3.83. The normalized spacial score (nSPS) is 12.1. The quantitative estimate of drug-likeness (QED) is 0.560. The molecule has 23 heavy (non-hydrogen) atoms. The van der Waals surface area contributed by atoms with Crippen molar-refractivity contribution < 1.29 is 13.2 Å². The van der Waals surface area contributed by atoms with Gasteiger partial charge in [0.2, 0.25) is 0 Å². The number of alkyl halides is 3. The van der Waals surface area contributed by atoms with E-state index in [4.69, 9.17) is 0 Å². The van der Waals surface area contributed by atoms with Gasteiger partial charge in [0, 0.05) is 17.7 Å². The molecular formula is C16H14F3N3S. The van der Waals surface area contributed by atoms with Crippen LogP contribution >= 0.6 is 12.6 Å². The molecule has 3 nitrogen and oxygen atoms in total. The number of fused-ring (bicyclic) bond motifs is 1. The summed E-state index contributed by atoms with van der Waals surface area (Å²) < 4.78 is 40.8. The van der Waals surface area contributed by atoms with Crippen LogP contribution in [0.3, 0.4) is 0 Å². The number of aryl methyl sites for hydroxylation is 2. The van der Waals surface area contributed by atoms with E-state index < -0.39 is 11.7 Å². The van der Waals surface area contributed by atoms with Crippen LogP contribution in [0.1, 0.15) is 28.1 Å². The minimum atomic E-state index is -4.49. The smallest absolute Gasteiger partial charge is 0.233 e. The zero-order valence-electron chi connectivity index (χ0n) is 12.5. The van der Waals surface area contributed by atoms with Crippen molar-refractivity contribution in [1.29, 1.82) is 0 Å². The van der Waals surface area contributed by atoms with Crippen LogP contribution in [0.15, 0.2) is 35.4 Å². The van der Waals surface area contributed by atoms with Crippen molar-refractivity contribution in [1.82, 2.24) is 14.6 Å². The van der Waals surface area contributed by atoms with Gasteiger partial charge in [-0.2, -0.15) is 18.3 Å². The van der Waals surface area contributed by atoms with Crippen molar-refractivity contribution in [3.05, 3.63) is 58.4 Å². The van der Waals surface area contributed by atoms with Crippen LogP contribution in [-0.2, 0) is 12.6 Å². The summed E-state index contributed by atoms with van der Waals surface area (Å²) in [5, 5.41) is 4.36. The predicted molar refractivity (Wildman–Crippen MR) is 84.0 cm³/mol. The highest BCUT2D eigenvalue weighted by atomic mass is 32.1. The number of benzene rings is 1. The molecule has 3 aromatic rings. The molecule has 0 bridgehead atoms. The van der Waals surface area contributed by atoms with Gasteiger partial charge in [-0.15, -0.1) is 12.6 Å². The first-order valence-electron chi connectivity index (χ1n) is 6.98. The minimum absolute atomic E-state index is 0.100. The average Bonchev–Trinajstić information content (AvgIpc) is 2.81. The average molecular weight is 337 g/mol. The molecule has 3 rings (SSSR count). The molecular weight excluding hydrogens is 323 g/mol. The molecule has 0 saturated heterocycles. The molecule has 0 radical (unpaired) electrons. The highest BCUT2D eigenvalue weighted by molar-refractivity contribution is 7.80. The first kappa shape index (κ1) is 15.9. The van der Waals surface area contributed by atoms with Crippen molar-refractivity contribution in [3.63, 3.8) is 0 Å². The Morgan fingerprint density at radius 2 is 1.74 bits per heavy atom. The van der Waals surface area contributed by atoms with Gasteiger partial charge >= 0.3 is 6.18 Å². The third kappa shape index (κ3) is 2.81. The topological polar surface area (TPSA) is 30.2 Å². The fourth-order valence-corrected chi connectivity index (χ4v) is 3.00. The van der Waals surface area contributed by atoms with Crippen LogP contribution in [-0.4, -0.2) is 14.6 Å². The van der Waals surface area contributed by atoms with Gasteiger partial charge in [-0.1, -0.05) is 30.3 Å². The summed E-state index contributed by atoms with van der Waals surface area (Å²) >= 11 is 4.41. The van der Waals surface area contributed by atoms with Gasteiger partial charge in [0.05, 0.1) is 5.69 Å². The standard InChI is InChI=1S/C16H14F3N3S/c1-9-12(8-11-6-4-3-5-7-11)15(23)22-14(20-9)13(10(2)21-22)16(17,18)19/h3-7,23H,8H2,1-2H3. The predicted octanol–water partition coefficient (Wildman–Crippen LogP) is 4.24. The second-order valence-corrected chi connectivity index (χ2v) is 5.78. The summed E-state index contributed by atoms with van der Waals surface area (Å²) in [7, 11) is 0. The molecule has 0 saturated carbocycles. The number of aromatic nitrogens is 3. The lowest BCUT2D eigenvalue weighted by atomic mass is 10.1. The van der Waals surface area contributed by atoms with Crippen LogP contribution in [0.2, 0.25) is 0 Å². The largest absolute Gasteiger partial charge is 0.421 e. The van der Waals surface area contributed by atoms with E-state index in [-0.39, 0.29) is 11.3 Å². The Hall–Kier alpha value is -2.02. The maximum Gasteiger partial charge on any atom is 0.421 e. The zero-order valence-corrected chi connectivity index (χ0v) is 13.4. The van der Waals surface area contributed by atoms with Crippen LogP contribution < -0.4 is 0 Å². The van der Waals surface area contributed by atoms with E-state index in [9.17, 15) is 13.2 Å². The summed E-state index contributed by atoms with van der Waals surface area (Å²) in [4.78, 5) is 4.15. The molecule has 0 aliphatic heterocycles. The SMILES string of the molecule is Cc1nc2c(C(F)(F)F)c(C)nn2c(S)c1Cc1ccccc1. The molecule has 0 fully saturated rings. The Bertz CT molecular complexity index is 870. The van der Waals surface area contributed by atoms with Crippen molar-refractivity contribution in [2.24, 2.45) is 0 Å². The summed E-state index contributed by atoms with van der Waals surface area (Å²) in [6.45, 7) is 3.03. The Morgan fingerprint density at radius 3 is 2.35 bits per heavy atom. The monoisotopic (exact) mass is 337 g/mol. The van der Waals surface area contributed by atoms with E-state index in [2.05, 4.69) is 22.7 Å². The van der Waals surface area contributed by atoms with Gasteiger partial charge < -0.3 is 0 Å². The number of hydrogen-bond donors (Lipinski definition) is 1. The fraction of sp³-hybridized carbons (Fsp3) is 0.250. The van der Waals surface area contributed by atoms with E-state index in [0.29, 0.717) is 17.1 Å². The van der Waals surface area contributed by atoms with E-state index in [0.717, 1.165) is 11.1 Å². The van der Waals surface area contributed by atoms with Crippen molar-refractivity contribution >= 4 is 18.3 Å². The molecule has 0 N–H and O–H groups in total. The third-order valence-electron chi connectivity index (χ3n) is 3.72. The molecule has 0 aliphatic carbocycles. The van der Waals surface area contributed by atoms with Crippen molar-refractivity contribution in [2.75, 3.05) is 0 Å². The van der Waals surface area contributed by atoms with Crippen molar-refractivity contribution in [3.8, 4) is 0 Å². The first-order chi connectivity index (χ1) is 10.8. The third-order valence-corrected chi connectivity index (χ3v) is 4.18. The lowest BCUT2D eigenvalue weighted by Gasteiger charge is -2.11. The number of nitrogens with zero attached hydrogens (tertiary/aromatic N) is 3. The Balaban J connectivity index is 2.20. The van der Waals surface area contributed by atoms with E-state index in [1.54, 1.807) is 6.92 Å². The van der Waals surface area contributed by atoms with Gasteiger partial charge in [-0.25, -0.2) is 9.50 Å². The van der Waals surface area contributed by atoms with E-state index >= 15 is 0 Å². The molecule has 120 valence electrons. The maximum atomic E-state index is 13.2. The van der Waals surface area contributed by atoms with Crippen LogP contribution in [0, 0.1) is 13.8 Å². The molecule has 7 heteroatoms. The fourth-order valence-electron chi connectivity index (χ4n) is 2.62. The molecule has 0 spiro atoms. The van der Waals surface area contributed by atoms with Gasteiger partial charge in [0.1, 0.15) is 10.6 Å². The lowest BCUT2D eigenvalue weighted by Crippen LogP contribution is -2.09. The molecule has 0 atom stereocenters. The molecule has 2 heterocycles. The van der Waals surface area contributed by atoms with E-state index in [1.807, 2.05) is 30.3 Å². The first-order valence-corrected chi connectivity index (χ1v) is 7.42. The van der Waals surface area contributed by atoms with Crippen LogP contribution in [0.5, 0.6) is 0 Å². The van der Waals surface area contributed by atoms with Gasteiger partial charge in [-0.3, -0.25) is 0 Å². The summed E-state index contributed by atoms with van der Waals surface area (Å²) in [5.41, 5.74) is 1.22. The lowest BCUT2D eigenvalue weighted by molar-refractivity contribution is -0.136. The summed E-state index contributed by atoms with van der Waals surface area (Å²) in [5.74, 6) is 0. The second kappa shape index (κ2) is 5.56. The van der Waals surface area contributed by atoms with E-state index in [1.165, 1.54) is 11.4 Å². The molecule has 0 aliphatic rings. The maximum absolute atomic E-state index is 13.2.